The van der Waals surface area contributed by atoms with Gasteiger partial charge in [-0.15, -0.1) is 12.3 Å². The molecule has 1 aromatic carbocycles. The molecule has 0 N–H and O–H groups in total. The van der Waals surface area contributed by atoms with E-state index in [9.17, 15) is 4.39 Å². The second-order valence-corrected chi connectivity index (χ2v) is 5.86. The van der Waals surface area contributed by atoms with Crippen LogP contribution >= 0.6 is 0 Å². The van der Waals surface area contributed by atoms with E-state index in [2.05, 4.69) is 5.92 Å². The number of benzene rings is 1. The van der Waals surface area contributed by atoms with Crippen LogP contribution in [0.2, 0.25) is 0 Å². The zero-order chi connectivity index (χ0) is 14.3. The Hall–Kier alpha value is -1.31. The minimum absolute atomic E-state index is 0.322. The maximum absolute atomic E-state index is 13.6. The maximum atomic E-state index is 13.6. The standard InChI is InChI=1S/C15H18BFO2/c1-6-7-11-8-12(10-13(17)9-11)16-18-14(2,3)15(4,5)19-16/h1,8-10H,7H2,2-5H3. The van der Waals surface area contributed by atoms with Crippen LogP contribution in [-0.4, -0.2) is 18.3 Å². The molecule has 0 atom stereocenters. The van der Waals surface area contributed by atoms with Crippen molar-refractivity contribution in [2.24, 2.45) is 0 Å². The lowest BCUT2D eigenvalue weighted by Gasteiger charge is -2.32. The van der Waals surface area contributed by atoms with E-state index < -0.39 is 18.3 Å². The molecular formula is C15H18BFO2. The van der Waals surface area contributed by atoms with Gasteiger partial charge in [-0.05, 0) is 50.9 Å². The Bertz CT molecular complexity index is 515. The fourth-order valence-corrected chi connectivity index (χ4v) is 2.01. The van der Waals surface area contributed by atoms with Crippen molar-refractivity contribution in [3.8, 4) is 12.3 Å². The molecule has 0 amide bonds. The van der Waals surface area contributed by atoms with Gasteiger partial charge in [0.2, 0.25) is 0 Å². The van der Waals surface area contributed by atoms with Crippen LogP contribution in [0.3, 0.4) is 0 Å². The quantitative estimate of drug-likeness (QED) is 0.600. The minimum Gasteiger partial charge on any atom is -0.399 e. The van der Waals surface area contributed by atoms with Gasteiger partial charge in [0.05, 0.1) is 11.2 Å². The molecule has 1 heterocycles. The van der Waals surface area contributed by atoms with E-state index in [1.54, 1.807) is 0 Å². The predicted octanol–water partition coefficient (Wildman–Crippen LogP) is 2.30. The lowest BCUT2D eigenvalue weighted by Crippen LogP contribution is -2.41. The largest absolute Gasteiger partial charge is 0.494 e. The molecule has 4 heteroatoms. The van der Waals surface area contributed by atoms with E-state index in [-0.39, 0.29) is 5.82 Å². The summed E-state index contributed by atoms with van der Waals surface area (Å²) in [5.74, 6) is 2.19. The highest BCUT2D eigenvalue weighted by Gasteiger charge is 2.51. The van der Waals surface area contributed by atoms with Crippen LogP contribution in [0.5, 0.6) is 0 Å². The van der Waals surface area contributed by atoms with Crippen molar-refractivity contribution in [2.75, 3.05) is 0 Å². The first-order chi connectivity index (χ1) is 8.75. The summed E-state index contributed by atoms with van der Waals surface area (Å²) in [5, 5.41) is 0. The van der Waals surface area contributed by atoms with Gasteiger partial charge in [-0.1, -0.05) is 6.07 Å². The van der Waals surface area contributed by atoms with Crippen LogP contribution < -0.4 is 5.46 Å². The highest BCUT2D eigenvalue weighted by Crippen LogP contribution is 2.36. The zero-order valence-electron chi connectivity index (χ0n) is 11.8. The summed E-state index contributed by atoms with van der Waals surface area (Å²) < 4.78 is 25.4. The third-order valence-corrected chi connectivity index (χ3v) is 3.81. The monoisotopic (exact) mass is 260 g/mol. The molecule has 0 unspecified atom stereocenters. The van der Waals surface area contributed by atoms with Gasteiger partial charge in [0.1, 0.15) is 5.82 Å². The summed E-state index contributed by atoms with van der Waals surface area (Å²) in [5.41, 5.74) is 0.558. The molecule has 1 aliphatic heterocycles. The van der Waals surface area contributed by atoms with E-state index in [0.29, 0.717) is 11.9 Å². The van der Waals surface area contributed by atoms with Gasteiger partial charge in [0.15, 0.2) is 0 Å². The van der Waals surface area contributed by atoms with Gasteiger partial charge in [-0.3, -0.25) is 0 Å². The lowest BCUT2D eigenvalue weighted by molar-refractivity contribution is 0.00578. The van der Waals surface area contributed by atoms with Crippen molar-refractivity contribution in [1.29, 1.82) is 0 Å². The second kappa shape index (κ2) is 4.66. The molecule has 19 heavy (non-hydrogen) atoms. The molecule has 0 aliphatic carbocycles. The molecule has 2 rings (SSSR count). The molecule has 2 nitrogen and oxygen atoms in total. The van der Waals surface area contributed by atoms with Gasteiger partial charge in [0.25, 0.3) is 0 Å². The Balaban J connectivity index is 2.32. The molecule has 1 aromatic rings. The van der Waals surface area contributed by atoms with E-state index in [0.717, 1.165) is 5.56 Å². The normalized spacial score (nSPS) is 20.3. The SMILES string of the molecule is C#CCc1cc(F)cc(B2OC(C)(C)C(C)(C)O2)c1. The molecule has 0 radical (unpaired) electrons. The smallest absolute Gasteiger partial charge is 0.399 e. The number of rotatable bonds is 2. The number of hydrogen-bond donors (Lipinski definition) is 0. The van der Waals surface area contributed by atoms with Gasteiger partial charge in [-0.2, -0.15) is 0 Å². The van der Waals surface area contributed by atoms with Crippen molar-refractivity contribution in [3.63, 3.8) is 0 Å². The van der Waals surface area contributed by atoms with Crippen molar-refractivity contribution in [1.82, 2.24) is 0 Å². The Labute approximate surface area is 114 Å². The molecule has 0 saturated carbocycles. The van der Waals surface area contributed by atoms with Crippen LogP contribution in [-0.2, 0) is 15.7 Å². The number of halogens is 1. The summed E-state index contributed by atoms with van der Waals surface area (Å²) >= 11 is 0. The number of terminal acetylenes is 1. The van der Waals surface area contributed by atoms with Crippen LogP contribution in [0, 0.1) is 18.2 Å². The average Bonchev–Trinajstić information content (AvgIpc) is 2.48. The fourth-order valence-electron chi connectivity index (χ4n) is 2.01. The maximum Gasteiger partial charge on any atom is 0.494 e. The first kappa shape index (κ1) is 14.1. The Kier molecular flexibility index (Phi) is 3.46. The van der Waals surface area contributed by atoms with Gasteiger partial charge < -0.3 is 9.31 Å². The lowest BCUT2D eigenvalue weighted by atomic mass is 9.78. The zero-order valence-corrected chi connectivity index (χ0v) is 11.8. The van der Waals surface area contributed by atoms with E-state index in [1.165, 1.54) is 12.1 Å². The number of hydrogen-bond acceptors (Lipinski definition) is 2. The Morgan fingerprint density at radius 1 is 1.16 bits per heavy atom. The summed E-state index contributed by atoms with van der Waals surface area (Å²) in [6.07, 6.45) is 5.66. The Morgan fingerprint density at radius 3 is 2.26 bits per heavy atom. The molecule has 1 saturated heterocycles. The third-order valence-electron chi connectivity index (χ3n) is 3.81. The van der Waals surface area contributed by atoms with Crippen LogP contribution in [0.25, 0.3) is 0 Å². The summed E-state index contributed by atoms with van der Waals surface area (Å²) in [7, 11) is -0.558. The van der Waals surface area contributed by atoms with E-state index in [1.807, 2.05) is 33.8 Å². The minimum atomic E-state index is -0.558. The van der Waals surface area contributed by atoms with Crippen molar-refractivity contribution in [2.45, 2.75) is 45.3 Å². The van der Waals surface area contributed by atoms with Crippen molar-refractivity contribution >= 4 is 12.6 Å². The molecule has 1 fully saturated rings. The second-order valence-electron chi connectivity index (χ2n) is 5.86. The first-order valence-corrected chi connectivity index (χ1v) is 6.34. The van der Waals surface area contributed by atoms with Gasteiger partial charge >= 0.3 is 7.12 Å². The highest BCUT2D eigenvalue weighted by molar-refractivity contribution is 6.62. The molecule has 0 aromatic heterocycles. The van der Waals surface area contributed by atoms with Crippen LogP contribution in [0.15, 0.2) is 18.2 Å². The topological polar surface area (TPSA) is 18.5 Å². The van der Waals surface area contributed by atoms with Gasteiger partial charge in [-0.25, -0.2) is 4.39 Å². The molecule has 0 spiro atoms. The van der Waals surface area contributed by atoms with Gasteiger partial charge in [0, 0.05) is 6.42 Å². The van der Waals surface area contributed by atoms with E-state index in [4.69, 9.17) is 15.7 Å². The molecule has 1 aliphatic rings. The summed E-state index contributed by atoms with van der Waals surface area (Å²) in [6, 6.07) is 4.71. The highest BCUT2D eigenvalue weighted by atomic mass is 19.1. The van der Waals surface area contributed by atoms with Crippen LogP contribution in [0.4, 0.5) is 4.39 Å². The van der Waals surface area contributed by atoms with Crippen LogP contribution in [0.1, 0.15) is 33.3 Å². The first-order valence-electron chi connectivity index (χ1n) is 6.34. The molecular weight excluding hydrogens is 242 g/mol. The third kappa shape index (κ3) is 2.68. The summed E-state index contributed by atoms with van der Waals surface area (Å²) in [4.78, 5) is 0. The predicted molar refractivity (Wildman–Crippen MR) is 74.7 cm³/mol. The summed E-state index contributed by atoms with van der Waals surface area (Å²) in [6.45, 7) is 7.87. The van der Waals surface area contributed by atoms with Crippen molar-refractivity contribution < 1.29 is 13.7 Å². The average molecular weight is 260 g/mol. The Morgan fingerprint density at radius 2 is 1.74 bits per heavy atom. The molecule has 0 bridgehead atoms. The van der Waals surface area contributed by atoms with E-state index >= 15 is 0 Å². The molecule has 100 valence electrons. The van der Waals surface area contributed by atoms with Crippen molar-refractivity contribution in [3.05, 3.63) is 29.6 Å². The fraction of sp³-hybridized carbons (Fsp3) is 0.467.